The van der Waals surface area contributed by atoms with E-state index in [0.29, 0.717) is 37.1 Å². The molecule has 0 aromatic heterocycles. The van der Waals surface area contributed by atoms with Gasteiger partial charge in [-0.1, -0.05) is 12.1 Å². The topological polar surface area (TPSA) is 41.1 Å². The third kappa shape index (κ3) is 3.76. The Labute approximate surface area is 160 Å². The van der Waals surface area contributed by atoms with E-state index in [0.717, 1.165) is 12.1 Å². The maximum atomic E-state index is 13.9. The molecule has 7 heteroatoms. The van der Waals surface area contributed by atoms with Gasteiger partial charge >= 0.3 is 0 Å². The third-order valence-corrected chi connectivity index (χ3v) is 5.67. The van der Waals surface area contributed by atoms with E-state index in [1.165, 1.54) is 18.2 Å². The maximum absolute atomic E-state index is 13.9. The van der Waals surface area contributed by atoms with Crippen molar-refractivity contribution >= 4 is 5.91 Å². The SMILES string of the molecule is O=C(NC1CNCCC1c1ccc(F)c(F)c1)C1CC1c1ccc(F)cc1F. The average molecular weight is 392 g/mol. The van der Waals surface area contributed by atoms with Crippen LogP contribution < -0.4 is 10.6 Å². The minimum absolute atomic E-state index is 0.139. The first-order chi connectivity index (χ1) is 13.4. The van der Waals surface area contributed by atoms with E-state index >= 15 is 0 Å². The zero-order chi connectivity index (χ0) is 19.8. The molecule has 1 amide bonds. The lowest BCUT2D eigenvalue weighted by atomic mass is 9.86. The predicted molar refractivity (Wildman–Crippen MR) is 95.7 cm³/mol. The van der Waals surface area contributed by atoms with Crippen LogP contribution in [-0.2, 0) is 4.79 Å². The van der Waals surface area contributed by atoms with E-state index in [4.69, 9.17) is 0 Å². The first-order valence-electron chi connectivity index (χ1n) is 9.35. The summed E-state index contributed by atoms with van der Waals surface area (Å²) in [5.41, 5.74) is 0.989. The van der Waals surface area contributed by atoms with Crippen molar-refractivity contribution in [3.8, 4) is 0 Å². The second-order valence-electron chi connectivity index (χ2n) is 7.50. The van der Waals surface area contributed by atoms with Gasteiger partial charge in [-0.15, -0.1) is 0 Å². The van der Waals surface area contributed by atoms with Gasteiger partial charge in [0.2, 0.25) is 5.91 Å². The van der Waals surface area contributed by atoms with Crippen molar-refractivity contribution in [2.75, 3.05) is 13.1 Å². The summed E-state index contributed by atoms with van der Waals surface area (Å²) in [5.74, 6) is -4.07. The summed E-state index contributed by atoms with van der Waals surface area (Å²) in [6, 6.07) is 6.95. The van der Waals surface area contributed by atoms with Crippen molar-refractivity contribution in [2.24, 2.45) is 5.92 Å². The van der Waals surface area contributed by atoms with Crippen LogP contribution in [-0.4, -0.2) is 25.0 Å². The van der Waals surface area contributed by atoms with Gasteiger partial charge in [0, 0.05) is 30.5 Å². The molecule has 28 heavy (non-hydrogen) atoms. The van der Waals surface area contributed by atoms with Gasteiger partial charge in [-0.3, -0.25) is 4.79 Å². The van der Waals surface area contributed by atoms with Crippen molar-refractivity contribution in [3.63, 3.8) is 0 Å². The molecule has 2 fully saturated rings. The molecule has 3 nitrogen and oxygen atoms in total. The predicted octanol–water partition coefficient (Wildman–Crippen LogP) is 3.61. The number of hydrogen-bond donors (Lipinski definition) is 2. The first kappa shape index (κ1) is 18.9. The van der Waals surface area contributed by atoms with Crippen LogP contribution in [0.15, 0.2) is 36.4 Å². The zero-order valence-electron chi connectivity index (χ0n) is 15.0. The molecule has 2 aliphatic rings. The normalized spacial score (nSPS) is 26.7. The average Bonchev–Trinajstić information content (AvgIpc) is 3.45. The van der Waals surface area contributed by atoms with Crippen LogP contribution in [0.5, 0.6) is 0 Å². The van der Waals surface area contributed by atoms with Crippen LogP contribution in [0, 0.1) is 29.2 Å². The summed E-state index contributed by atoms with van der Waals surface area (Å²) < 4.78 is 53.9. The molecule has 1 aliphatic carbocycles. The van der Waals surface area contributed by atoms with Gasteiger partial charge in [0.25, 0.3) is 0 Å². The van der Waals surface area contributed by atoms with Gasteiger partial charge < -0.3 is 10.6 Å². The minimum Gasteiger partial charge on any atom is -0.351 e. The summed E-state index contributed by atoms with van der Waals surface area (Å²) in [4.78, 5) is 12.7. The summed E-state index contributed by atoms with van der Waals surface area (Å²) in [5, 5.41) is 6.18. The van der Waals surface area contributed by atoms with E-state index in [9.17, 15) is 22.4 Å². The number of piperidine rings is 1. The Hall–Kier alpha value is -2.41. The number of halogens is 4. The first-order valence-corrected chi connectivity index (χ1v) is 9.35. The summed E-state index contributed by atoms with van der Waals surface area (Å²) in [6.07, 6.45) is 1.18. The zero-order valence-corrected chi connectivity index (χ0v) is 15.0. The highest BCUT2D eigenvalue weighted by Gasteiger charge is 2.46. The molecule has 2 aromatic carbocycles. The van der Waals surface area contributed by atoms with Crippen LogP contribution in [0.2, 0.25) is 0 Å². The fraction of sp³-hybridized carbons (Fsp3) is 0.381. The van der Waals surface area contributed by atoms with Crippen LogP contribution in [0.3, 0.4) is 0 Å². The van der Waals surface area contributed by atoms with E-state index < -0.39 is 23.3 Å². The molecule has 0 bridgehead atoms. The van der Waals surface area contributed by atoms with Gasteiger partial charge in [0.1, 0.15) is 11.6 Å². The van der Waals surface area contributed by atoms with E-state index in [1.54, 1.807) is 6.07 Å². The lowest BCUT2D eigenvalue weighted by Gasteiger charge is -2.33. The highest BCUT2D eigenvalue weighted by molar-refractivity contribution is 5.83. The highest BCUT2D eigenvalue weighted by atomic mass is 19.2. The van der Waals surface area contributed by atoms with Crippen LogP contribution >= 0.6 is 0 Å². The van der Waals surface area contributed by atoms with E-state index in [1.807, 2.05) is 0 Å². The number of benzene rings is 2. The van der Waals surface area contributed by atoms with Crippen molar-refractivity contribution in [3.05, 3.63) is 70.8 Å². The number of nitrogens with one attached hydrogen (secondary N) is 2. The Kier molecular flexibility index (Phi) is 5.10. The van der Waals surface area contributed by atoms with Crippen molar-refractivity contribution in [1.82, 2.24) is 10.6 Å². The molecule has 1 saturated heterocycles. The standard InChI is InChI=1S/C21H20F4N2O/c22-12-2-3-14(18(24)8-12)15-9-16(15)21(28)27-20-10-26-6-5-13(20)11-1-4-17(23)19(25)7-11/h1-4,7-8,13,15-16,20,26H,5-6,9-10H2,(H,27,28). The summed E-state index contributed by atoms with van der Waals surface area (Å²) >= 11 is 0. The molecule has 148 valence electrons. The lowest BCUT2D eigenvalue weighted by Crippen LogP contribution is -2.50. The monoisotopic (exact) mass is 392 g/mol. The number of carbonyl (C=O) groups excluding carboxylic acids is 1. The molecule has 4 atom stereocenters. The molecule has 1 heterocycles. The Morgan fingerprint density at radius 3 is 2.54 bits per heavy atom. The van der Waals surface area contributed by atoms with Crippen molar-refractivity contribution < 1.29 is 22.4 Å². The van der Waals surface area contributed by atoms with Crippen LogP contribution in [0.4, 0.5) is 17.6 Å². The van der Waals surface area contributed by atoms with Crippen LogP contribution in [0.25, 0.3) is 0 Å². The maximum Gasteiger partial charge on any atom is 0.224 e. The fourth-order valence-corrected chi connectivity index (χ4v) is 4.07. The lowest BCUT2D eigenvalue weighted by molar-refractivity contribution is -0.123. The molecule has 2 N–H and O–H groups in total. The molecule has 0 spiro atoms. The quantitative estimate of drug-likeness (QED) is 0.781. The number of amides is 1. The second-order valence-corrected chi connectivity index (χ2v) is 7.50. The number of hydrogen-bond acceptors (Lipinski definition) is 2. The van der Waals surface area contributed by atoms with Gasteiger partial charge in [-0.25, -0.2) is 17.6 Å². The largest absolute Gasteiger partial charge is 0.351 e. The Morgan fingerprint density at radius 1 is 0.964 bits per heavy atom. The van der Waals surface area contributed by atoms with Crippen molar-refractivity contribution in [1.29, 1.82) is 0 Å². The molecule has 2 aromatic rings. The van der Waals surface area contributed by atoms with Gasteiger partial charge in [-0.2, -0.15) is 0 Å². The molecular formula is C21H20F4N2O. The van der Waals surface area contributed by atoms with Crippen molar-refractivity contribution in [2.45, 2.75) is 30.7 Å². The van der Waals surface area contributed by atoms with Gasteiger partial charge in [-0.05, 0) is 54.6 Å². The molecule has 4 unspecified atom stereocenters. The highest BCUT2D eigenvalue weighted by Crippen LogP contribution is 2.48. The second kappa shape index (κ2) is 7.54. The molecule has 1 aliphatic heterocycles. The Balaban J connectivity index is 1.45. The minimum atomic E-state index is -0.907. The third-order valence-electron chi connectivity index (χ3n) is 5.67. The number of rotatable bonds is 4. The van der Waals surface area contributed by atoms with Gasteiger partial charge in [0.15, 0.2) is 11.6 Å². The fourth-order valence-electron chi connectivity index (χ4n) is 4.07. The van der Waals surface area contributed by atoms with Crippen LogP contribution in [0.1, 0.15) is 35.8 Å². The Morgan fingerprint density at radius 2 is 1.79 bits per heavy atom. The molecular weight excluding hydrogens is 372 g/mol. The molecule has 0 radical (unpaired) electrons. The summed E-state index contributed by atoms with van der Waals surface area (Å²) in [6.45, 7) is 1.22. The van der Waals surface area contributed by atoms with Gasteiger partial charge in [0.05, 0.1) is 0 Å². The molecule has 4 rings (SSSR count). The summed E-state index contributed by atoms with van der Waals surface area (Å²) in [7, 11) is 0. The molecule has 1 saturated carbocycles. The van der Waals surface area contributed by atoms with E-state index in [-0.39, 0.29) is 29.7 Å². The van der Waals surface area contributed by atoms with E-state index in [2.05, 4.69) is 10.6 Å². The smallest absolute Gasteiger partial charge is 0.224 e. The Bertz CT molecular complexity index is 904. The number of carbonyl (C=O) groups is 1.